The van der Waals surface area contributed by atoms with Gasteiger partial charge in [-0.05, 0) is 29.2 Å². The Balaban J connectivity index is 2.12. The summed E-state index contributed by atoms with van der Waals surface area (Å²) in [6.07, 6.45) is 4.34. The van der Waals surface area contributed by atoms with E-state index in [1.165, 1.54) is 11.1 Å². The molecule has 0 aliphatic carbocycles. The molecule has 1 unspecified atom stereocenters. The van der Waals surface area contributed by atoms with Crippen LogP contribution in [0.25, 0.3) is 6.08 Å². The van der Waals surface area contributed by atoms with Crippen LogP contribution < -0.4 is 0 Å². The van der Waals surface area contributed by atoms with Crippen molar-refractivity contribution in [1.29, 1.82) is 0 Å². The second-order valence-corrected chi connectivity index (χ2v) is 4.55. The molecule has 0 N–H and O–H groups in total. The average Bonchev–Trinajstić information content (AvgIpc) is 2.37. The molecule has 0 saturated carbocycles. The van der Waals surface area contributed by atoms with Crippen molar-refractivity contribution in [2.75, 3.05) is 0 Å². The zero-order chi connectivity index (χ0) is 12.1. The van der Waals surface area contributed by atoms with E-state index in [0.29, 0.717) is 5.92 Å². The van der Waals surface area contributed by atoms with Crippen LogP contribution in [-0.4, -0.2) is 0 Å². The van der Waals surface area contributed by atoms with E-state index >= 15 is 0 Å². The highest BCUT2D eigenvalue weighted by Gasteiger charge is 2.01. The molecular weight excluding hydrogens is 228 g/mol. The number of benzene rings is 2. The Labute approximate surface area is 108 Å². The predicted octanol–water partition coefficient (Wildman–Crippen LogP) is 5.16. The predicted molar refractivity (Wildman–Crippen MR) is 75.3 cm³/mol. The summed E-state index contributed by atoms with van der Waals surface area (Å²) in [5.74, 6) is 0.369. The van der Waals surface area contributed by atoms with E-state index in [1.807, 2.05) is 36.4 Å². The van der Waals surface area contributed by atoms with E-state index in [2.05, 4.69) is 37.3 Å². The molecule has 86 valence electrons. The summed E-state index contributed by atoms with van der Waals surface area (Å²) in [5, 5.41) is 0.794. The summed E-state index contributed by atoms with van der Waals surface area (Å²) in [6, 6.07) is 18.3. The smallest absolute Gasteiger partial charge is 0.0408 e. The Morgan fingerprint density at radius 3 is 2.47 bits per heavy atom. The third-order valence-corrected chi connectivity index (χ3v) is 2.99. The second-order valence-electron chi connectivity index (χ2n) is 4.11. The van der Waals surface area contributed by atoms with E-state index in [1.54, 1.807) is 0 Å². The molecule has 0 radical (unpaired) electrons. The van der Waals surface area contributed by atoms with Crippen LogP contribution in [0.5, 0.6) is 0 Å². The molecule has 0 amide bonds. The summed E-state index contributed by atoms with van der Waals surface area (Å²) in [6.45, 7) is 2.17. The SMILES string of the molecule is CC(/C=C/c1ccccc1)c1cccc(Cl)c1. The minimum absolute atomic E-state index is 0.369. The Morgan fingerprint density at radius 1 is 1.00 bits per heavy atom. The van der Waals surface area contributed by atoms with Crippen LogP contribution in [0.2, 0.25) is 5.02 Å². The maximum atomic E-state index is 5.98. The molecule has 0 aliphatic rings. The summed E-state index contributed by atoms with van der Waals surface area (Å²) >= 11 is 5.98. The van der Waals surface area contributed by atoms with Crippen molar-refractivity contribution < 1.29 is 0 Å². The first kappa shape index (κ1) is 11.9. The monoisotopic (exact) mass is 242 g/mol. The molecular formula is C16H15Cl. The van der Waals surface area contributed by atoms with Gasteiger partial charge in [-0.15, -0.1) is 0 Å². The van der Waals surface area contributed by atoms with Gasteiger partial charge in [0.1, 0.15) is 0 Å². The van der Waals surface area contributed by atoms with Gasteiger partial charge in [0.25, 0.3) is 0 Å². The van der Waals surface area contributed by atoms with Gasteiger partial charge in [-0.3, -0.25) is 0 Å². The molecule has 2 rings (SSSR count). The molecule has 0 heterocycles. The van der Waals surface area contributed by atoms with E-state index in [4.69, 9.17) is 11.6 Å². The zero-order valence-corrected chi connectivity index (χ0v) is 10.6. The fourth-order valence-electron chi connectivity index (χ4n) is 1.72. The van der Waals surface area contributed by atoms with Gasteiger partial charge in [0.2, 0.25) is 0 Å². The number of hydrogen-bond acceptors (Lipinski definition) is 0. The summed E-state index contributed by atoms with van der Waals surface area (Å²) in [5.41, 5.74) is 2.46. The lowest BCUT2D eigenvalue weighted by Gasteiger charge is -2.06. The van der Waals surface area contributed by atoms with Gasteiger partial charge in [-0.1, -0.05) is 73.1 Å². The van der Waals surface area contributed by atoms with E-state index < -0.39 is 0 Å². The fraction of sp³-hybridized carbons (Fsp3) is 0.125. The van der Waals surface area contributed by atoms with Crippen LogP contribution in [0, 0.1) is 0 Å². The first-order valence-electron chi connectivity index (χ1n) is 5.74. The topological polar surface area (TPSA) is 0 Å². The number of allylic oxidation sites excluding steroid dienone is 1. The molecule has 2 aromatic carbocycles. The molecule has 1 atom stereocenters. The lowest BCUT2D eigenvalue weighted by molar-refractivity contribution is 0.973. The summed E-state index contributed by atoms with van der Waals surface area (Å²) in [4.78, 5) is 0. The third-order valence-electron chi connectivity index (χ3n) is 2.75. The molecule has 0 aliphatic heterocycles. The van der Waals surface area contributed by atoms with Gasteiger partial charge in [0.15, 0.2) is 0 Å². The van der Waals surface area contributed by atoms with Crippen LogP contribution in [0.4, 0.5) is 0 Å². The molecule has 2 aromatic rings. The minimum atomic E-state index is 0.369. The van der Waals surface area contributed by atoms with Crippen molar-refractivity contribution in [3.8, 4) is 0 Å². The molecule has 0 bridgehead atoms. The quantitative estimate of drug-likeness (QED) is 0.698. The highest BCUT2D eigenvalue weighted by atomic mass is 35.5. The standard InChI is InChI=1S/C16H15Cl/c1-13(15-8-5-9-16(17)12-15)10-11-14-6-3-2-4-7-14/h2-13H,1H3/b11-10+. The lowest BCUT2D eigenvalue weighted by Crippen LogP contribution is -1.88. The Bertz CT molecular complexity index is 500. The lowest BCUT2D eigenvalue weighted by atomic mass is 10.00. The van der Waals surface area contributed by atoms with Crippen LogP contribution in [0.3, 0.4) is 0 Å². The molecule has 0 saturated heterocycles. The van der Waals surface area contributed by atoms with Gasteiger partial charge in [0, 0.05) is 5.02 Å². The first-order chi connectivity index (χ1) is 8.25. The average molecular weight is 243 g/mol. The maximum absolute atomic E-state index is 5.98. The molecule has 0 aromatic heterocycles. The Hall–Kier alpha value is -1.53. The van der Waals surface area contributed by atoms with Crippen LogP contribution in [0.1, 0.15) is 24.0 Å². The molecule has 1 heteroatoms. The molecule has 0 spiro atoms. The summed E-state index contributed by atoms with van der Waals surface area (Å²) < 4.78 is 0. The van der Waals surface area contributed by atoms with Gasteiger partial charge in [-0.2, -0.15) is 0 Å². The van der Waals surface area contributed by atoms with Crippen molar-refractivity contribution >= 4 is 17.7 Å². The van der Waals surface area contributed by atoms with Crippen LogP contribution >= 0.6 is 11.6 Å². The Kier molecular flexibility index (Phi) is 4.00. The minimum Gasteiger partial charge on any atom is -0.0843 e. The zero-order valence-electron chi connectivity index (χ0n) is 9.81. The molecule has 0 fully saturated rings. The molecule has 0 nitrogen and oxygen atoms in total. The third kappa shape index (κ3) is 3.47. The van der Waals surface area contributed by atoms with Crippen molar-refractivity contribution in [2.24, 2.45) is 0 Å². The largest absolute Gasteiger partial charge is 0.0843 e. The van der Waals surface area contributed by atoms with E-state index in [0.717, 1.165) is 5.02 Å². The normalized spacial score (nSPS) is 12.8. The number of halogens is 1. The van der Waals surface area contributed by atoms with Crippen molar-refractivity contribution in [3.63, 3.8) is 0 Å². The van der Waals surface area contributed by atoms with Crippen LogP contribution in [0.15, 0.2) is 60.7 Å². The highest BCUT2D eigenvalue weighted by Crippen LogP contribution is 2.21. The van der Waals surface area contributed by atoms with Gasteiger partial charge in [0.05, 0.1) is 0 Å². The first-order valence-corrected chi connectivity index (χ1v) is 6.12. The van der Waals surface area contributed by atoms with E-state index in [9.17, 15) is 0 Å². The van der Waals surface area contributed by atoms with Crippen molar-refractivity contribution in [3.05, 3.63) is 76.8 Å². The van der Waals surface area contributed by atoms with Gasteiger partial charge >= 0.3 is 0 Å². The van der Waals surface area contributed by atoms with Crippen molar-refractivity contribution in [2.45, 2.75) is 12.8 Å². The number of hydrogen-bond donors (Lipinski definition) is 0. The van der Waals surface area contributed by atoms with Crippen molar-refractivity contribution in [1.82, 2.24) is 0 Å². The second kappa shape index (κ2) is 5.70. The van der Waals surface area contributed by atoms with Gasteiger partial charge in [-0.25, -0.2) is 0 Å². The fourth-order valence-corrected chi connectivity index (χ4v) is 1.92. The van der Waals surface area contributed by atoms with E-state index in [-0.39, 0.29) is 0 Å². The Morgan fingerprint density at radius 2 is 1.76 bits per heavy atom. The number of rotatable bonds is 3. The van der Waals surface area contributed by atoms with Gasteiger partial charge < -0.3 is 0 Å². The van der Waals surface area contributed by atoms with Crippen LogP contribution in [-0.2, 0) is 0 Å². The summed E-state index contributed by atoms with van der Waals surface area (Å²) in [7, 11) is 0. The molecule has 17 heavy (non-hydrogen) atoms. The highest BCUT2D eigenvalue weighted by molar-refractivity contribution is 6.30. The maximum Gasteiger partial charge on any atom is 0.0408 e.